The van der Waals surface area contributed by atoms with Crippen molar-refractivity contribution in [2.24, 2.45) is 0 Å². The number of nitrogens with zero attached hydrogens (tertiary/aromatic N) is 2. The van der Waals surface area contributed by atoms with Gasteiger partial charge in [0.15, 0.2) is 11.5 Å². The van der Waals surface area contributed by atoms with Crippen molar-refractivity contribution in [3.63, 3.8) is 0 Å². The van der Waals surface area contributed by atoms with E-state index in [-0.39, 0.29) is 12.5 Å². The maximum Gasteiger partial charge on any atom is 0.243 e. The van der Waals surface area contributed by atoms with Crippen LogP contribution in [0.1, 0.15) is 12.6 Å². The minimum absolute atomic E-state index is 0.0590. The fourth-order valence-corrected chi connectivity index (χ4v) is 2.40. The third kappa shape index (κ3) is 4.50. The molecule has 1 aromatic carbocycles. The second-order valence-electron chi connectivity index (χ2n) is 5.51. The van der Waals surface area contributed by atoms with Crippen LogP contribution in [0.3, 0.4) is 0 Å². The van der Waals surface area contributed by atoms with Gasteiger partial charge in [-0.15, -0.1) is 0 Å². The maximum atomic E-state index is 12.1. The number of hydrogen-bond donors (Lipinski definition) is 3. The maximum absolute atomic E-state index is 12.1. The standard InChI is InChI=1S/C17H21N5O3/c1-3-18-15-8-11(2)20-17(22-15)19-10-16(23)21-12-4-5-13-14(9-12)25-7-6-24-13/h4-5,8-9H,3,6-7,10H2,1-2H3,(H,21,23)(H2,18,19,20,22). The number of benzene rings is 1. The first kappa shape index (κ1) is 16.8. The van der Waals surface area contributed by atoms with Crippen molar-refractivity contribution in [1.82, 2.24) is 9.97 Å². The summed E-state index contributed by atoms with van der Waals surface area (Å²) in [5, 5.41) is 8.87. The van der Waals surface area contributed by atoms with Crippen LogP contribution in [0.5, 0.6) is 11.5 Å². The van der Waals surface area contributed by atoms with Gasteiger partial charge in [-0.05, 0) is 26.0 Å². The molecule has 3 rings (SSSR count). The summed E-state index contributed by atoms with van der Waals surface area (Å²) in [7, 11) is 0. The van der Waals surface area contributed by atoms with Crippen molar-refractivity contribution in [1.29, 1.82) is 0 Å². The van der Waals surface area contributed by atoms with Crippen LogP contribution in [0, 0.1) is 6.92 Å². The minimum Gasteiger partial charge on any atom is -0.486 e. The van der Waals surface area contributed by atoms with Crippen molar-refractivity contribution in [3.8, 4) is 11.5 Å². The van der Waals surface area contributed by atoms with Crippen LogP contribution in [-0.2, 0) is 4.79 Å². The number of anilines is 3. The number of ether oxygens (including phenoxy) is 2. The first-order valence-corrected chi connectivity index (χ1v) is 8.17. The molecule has 1 aliphatic rings. The average Bonchev–Trinajstić information content (AvgIpc) is 2.60. The molecular formula is C17H21N5O3. The Labute approximate surface area is 146 Å². The summed E-state index contributed by atoms with van der Waals surface area (Å²) in [4.78, 5) is 20.7. The molecule has 3 N–H and O–H groups in total. The number of carbonyl (C=O) groups is 1. The monoisotopic (exact) mass is 343 g/mol. The van der Waals surface area contributed by atoms with Crippen LogP contribution in [0.25, 0.3) is 0 Å². The van der Waals surface area contributed by atoms with Gasteiger partial charge in [0.25, 0.3) is 0 Å². The predicted octanol–water partition coefficient (Wildman–Crippen LogP) is 2.04. The van der Waals surface area contributed by atoms with Gasteiger partial charge >= 0.3 is 0 Å². The van der Waals surface area contributed by atoms with E-state index in [9.17, 15) is 4.79 Å². The molecule has 2 aromatic rings. The Kier molecular flexibility index (Phi) is 5.17. The van der Waals surface area contributed by atoms with Gasteiger partial charge in [0.2, 0.25) is 11.9 Å². The summed E-state index contributed by atoms with van der Waals surface area (Å²) in [6, 6.07) is 7.16. The number of carbonyl (C=O) groups excluding carboxylic acids is 1. The average molecular weight is 343 g/mol. The second kappa shape index (κ2) is 7.69. The highest BCUT2D eigenvalue weighted by atomic mass is 16.6. The van der Waals surface area contributed by atoms with E-state index in [0.29, 0.717) is 36.3 Å². The van der Waals surface area contributed by atoms with Gasteiger partial charge in [-0.3, -0.25) is 4.79 Å². The number of aryl methyl sites for hydroxylation is 1. The summed E-state index contributed by atoms with van der Waals surface area (Å²) in [6.45, 7) is 5.73. The fourth-order valence-electron chi connectivity index (χ4n) is 2.40. The number of fused-ring (bicyclic) bond motifs is 1. The lowest BCUT2D eigenvalue weighted by Crippen LogP contribution is -2.23. The largest absolute Gasteiger partial charge is 0.486 e. The molecule has 2 heterocycles. The van der Waals surface area contributed by atoms with E-state index >= 15 is 0 Å². The van der Waals surface area contributed by atoms with E-state index in [1.165, 1.54) is 0 Å². The van der Waals surface area contributed by atoms with E-state index in [1.54, 1.807) is 18.2 Å². The lowest BCUT2D eigenvalue weighted by atomic mass is 10.2. The number of nitrogens with one attached hydrogen (secondary N) is 3. The summed E-state index contributed by atoms with van der Waals surface area (Å²) < 4.78 is 11.0. The number of amides is 1. The summed E-state index contributed by atoms with van der Waals surface area (Å²) in [5.74, 6) is 2.26. The van der Waals surface area contributed by atoms with Crippen LogP contribution in [0.2, 0.25) is 0 Å². The zero-order chi connectivity index (χ0) is 17.6. The van der Waals surface area contributed by atoms with Crippen molar-refractivity contribution >= 4 is 23.4 Å². The van der Waals surface area contributed by atoms with Gasteiger partial charge in [0.05, 0.1) is 6.54 Å². The number of aromatic nitrogens is 2. The second-order valence-corrected chi connectivity index (χ2v) is 5.51. The zero-order valence-corrected chi connectivity index (χ0v) is 14.3. The first-order chi connectivity index (χ1) is 12.1. The lowest BCUT2D eigenvalue weighted by Gasteiger charge is -2.19. The fraction of sp³-hybridized carbons (Fsp3) is 0.353. The van der Waals surface area contributed by atoms with E-state index < -0.39 is 0 Å². The molecule has 0 unspecified atom stereocenters. The normalized spacial score (nSPS) is 12.4. The van der Waals surface area contributed by atoms with Crippen molar-refractivity contribution < 1.29 is 14.3 Å². The number of hydrogen-bond acceptors (Lipinski definition) is 7. The smallest absolute Gasteiger partial charge is 0.243 e. The SMILES string of the molecule is CCNc1cc(C)nc(NCC(=O)Nc2ccc3c(c2)OCCO3)n1. The van der Waals surface area contributed by atoms with E-state index in [0.717, 1.165) is 18.1 Å². The molecular weight excluding hydrogens is 322 g/mol. The topological polar surface area (TPSA) is 97.4 Å². The molecule has 0 spiro atoms. The molecule has 0 saturated heterocycles. The van der Waals surface area contributed by atoms with Crippen LogP contribution in [-0.4, -0.2) is 42.2 Å². The highest BCUT2D eigenvalue weighted by Gasteiger charge is 2.13. The molecule has 0 atom stereocenters. The molecule has 25 heavy (non-hydrogen) atoms. The Bertz CT molecular complexity index is 766. The molecule has 1 aliphatic heterocycles. The molecule has 1 amide bonds. The third-order valence-electron chi connectivity index (χ3n) is 3.45. The molecule has 0 aliphatic carbocycles. The summed E-state index contributed by atoms with van der Waals surface area (Å²) in [5.41, 5.74) is 1.47. The highest BCUT2D eigenvalue weighted by Crippen LogP contribution is 2.32. The summed E-state index contributed by atoms with van der Waals surface area (Å²) in [6.07, 6.45) is 0. The molecule has 1 aromatic heterocycles. The molecule has 132 valence electrons. The number of rotatable bonds is 6. The van der Waals surface area contributed by atoms with Gasteiger partial charge in [-0.1, -0.05) is 0 Å². The Morgan fingerprint density at radius 1 is 1.12 bits per heavy atom. The van der Waals surface area contributed by atoms with Crippen LogP contribution in [0.4, 0.5) is 17.5 Å². The van der Waals surface area contributed by atoms with Crippen LogP contribution in [0.15, 0.2) is 24.3 Å². The molecule has 0 bridgehead atoms. The minimum atomic E-state index is -0.202. The van der Waals surface area contributed by atoms with Crippen molar-refractivity contribution in [3.05, 3.63) is 30.0 Å². The van der Waals surface area contributed by atoms with Crippen molar-refractivity contribution in [2.75, 3.05) is 42.3 Å². The Morgan fingerprint density at radius 3 is 2.72 bits per heavy atom. The highest BCUT2D eigenvalue weighted by molar-refractivity contribution is 5.93. The van der Waals surface area contributed by atoms with Gasteiger partial charge in [0.1, 0.15) is 19.0 Å². The Balaban J connectivity index is 1.58. The quantitative estimate of drug-likeness (QED) is 0.738. The molecule has 8 heteroatoms. The predicted molar refractivity (Wildman–Crippen MR) is 95.5 cm³/mol. The van der Waals surface area contributed by atoms with Gasteiger partial charge in [-0.2, -0.15) is 4.98 Å². The zero-order valence-electron chi connectivity index (χ0n) is 14.3. The Hall–Kier alpha value is -3.03. The lowest BCUT2D eigenvalue weighted by molar-refractivity contribution is -0.114. The molecule has 0 saturated carbocycles. The van der Waals surface area contributed by atoms with E-state index in [4.69, 9.17) is 9.47 Å². The van der Waals surface area contributed by atoms with E-state index in [2.05, 4.69) is 25.9 Å². The molecule has 0 radical (unpaired) electrons. The third-order valence-corrected chi connectivity index (χ3v) is 3.45. The summed E-state index contributed by atoms with van der Waals surface area (Å²) >= 11 is 0. The van der Waals surface area contributed by atoms with Crippen LogP contribution >= 0.6 is 0 Å². The first-order valence-electron chi connectivity index (χ1n) is 8.17. The van der Waals surface area contributed by atoms with E-state index in [1.807, 2.05) is 19.9 Å². The Morgan fingerprint density at radius 2 is 1.92 bits per heavy atom. The van der Waals surface area contributed by atoms with Gasteiger partial charge in [-0.25, -0.2) is 4.98 Å². The van der Waals surface area contributed by atoms with Crippen LogP contribution < -0.4 is 25.4 Å². The van der Waals surface area contributed by atoms with Gasteiger partial charge < -0.3 is 25.4 Å². The molecule has 0 fully saturated rings. The molecule has 8 nitrogen and oxygen atoms in total. The van der Waals surface area contributed by atoms with Gasteiger partial charge in [0, 0.05) is 30.1 Å². The van der Waals surface area contributed by atoms with Crippen molar-refractivity contribution in [2.45, 2.75) is 13.8 Å².